The summed E-state index contributed by atoms with van der Waals surface area (Å²) in [6.07, 6.45) is 14.8. The van der Waals surface area contributed by atoms with Crippen LogP contribution >= 0.6 is 11.6 Å². The van der Waals surface area contributed by atoms with Crippen molar-refractivity contribution in [2.45, 2.75) is 132 Å². The van der Waals surface area contributed by atoms with Crippen LogP contribution in [0.25, 0.3) is 5.69 Å². The van der Waals surface area contributed by atoms with E-state index < -0.39 is 11.4 Å². The molecule has 7 nitrogen and oxygen atoms in total. The van der Waals surface area contributed by atoms with Gasteiger partial charge in [0.05, 0.1) is 29.4 Å². The maximum Gasteiger partial charge on any atom is 0.310 e. The summed E-state index contributed by atoms with van der Waals surface area (Å²) in [7, 11) is 0. The lowest BCUT2D eigenvalue weighted by Gasteiger charge is -2.71. The van der Waals surface area contributed by atoms with Gasteiger partial charge in [-0.3, -0.25) is 9.59 Å². The maximum absolute atomic E-state index is 13.3. The van der Waals surface area contributed by atoms with Crippen LogP contribution in [0.5, 0.6) is 0 Å². The fourth-order valence-electron chi connectivity index (χ4n) is 12.4. The molecular weight excluding hydrogens is 634 g/mol. The predicted molar refractivity (Wildman–Crippen MR) is 191 cm³/mol. The summed E-state index contributed by atoms with van der Waals surface area (Å²) in [5.74, 6) is 0.348. The Morgan fingerprint density at radius 3 is 2.37 bits per heavy atom. The normalized spacial score (nSPS) is 39.0. The van der Waals surface area contributed by atoms with E-state index in [0.717, 1.165) is 75.6 Å². The van der Waals surface area contributed by atoms with Crippen molar-refractivity contribution in [2.75, 3.05) is 0 Å². The second-order valence-electron chi connectivity index (χ2n) is 18.6. The Morgan fingerprint density at radius 2 is 1.65 bits per heavy atom. The monoisotopic (exact) mass is 689 g/mol. The number of aromatic nitrogens is 3. The van der Waals surface area contributed by atoms with Gasteiger partial charge < -0.3 is 9.84 Å². The number of esters is 1. The van der Waals surface area contributed by atoms with Gasteiger partial charge in [-0.15, -0.1) is 5.10 Å². The third kappa shape index (κ3) is 5.33. The van der Waals surface area contributed by atoms with Crippen LogP contribution < -0.4 is 0 Å². The van der Waals surface area contributed by atoms with Gasteiger partial charge in [0, 0.05) is 16.9 Å². The molecule has 0 saturated heterocycles. The molecule has 8 heteroatoms. The van der Waals surface area contributed by atoms with Crippen molar-refractivity contribution in [1.82, 2.24) is 15.0 Å². The van der Waals surface area contributed by atoms with Gasteiger partial charge in [-0.1, -0.05) is 76.9 Å². The Balaban J connectivity index is 1.07. The molecule has 4 saturated carbocycles. The summed E-state index contributed by atoms with van der Waals surface area (Å²) in [5.41, 5.74) is 2.75. The quantitative estimate of drug-likeness (QED) is 0.240. The number of aryl methyl sites for hydroxylation is 1. The van der Waals surface area contributed by atoms with Gasteiger partial charge in [-0.2, -0.15) is 0 Å². The molecule has 49 heavy (non-hydrogen) atoms. The van der Waals surface area contributed by atoms with Crippen LogP contribution in [0.4, 0.5) is 0 Å². The number of carbonyl (C=O) groups excluding carboxylic acids is 1. The van der Waals surface area contributed by atoms with E-state index in [-0.39, 0.29) is 51.5 Å². The molecule has 0 aliphatic heterocycles. The van der Waals surface area contributed by atoms with E-state index in [4.69, 9.17) is 16.3 Å². The van der Waals surface area contributed by atoms with Crippen molar-refractivity contribution in [3.63, 3.8) is 0 Å². The first-order chi connectivity index (χ1) is 23.0. The molecule has 7 rings (SSSR count). The van der Waals surface area contributed by atoms with Crippen LogP contribution in [0, 0.1) is 50.2 Å². The van der Waals surface area contributed by atoms with Gasteiger partial charge >= 0.3 is 11.9 Å². The number of nitrogens with zero attached hydrogens (tertiary/aromatic N) is 3. The van der Waals surface area contributed by atoms with Crippen molar-refractivity contribution < 1.29 is 19.4 Å². The third-order valence-electron chi connectivity index (χ3n) is 15.5. The Kier molecular flexibility index (Phi) is 8.29. The van der Waals surface area contributed by atoms with Crippen LogP contribution in [0.2, 0.25) is 5.02 Å². The first-order valence-corrected chi connectivity index (χ1v) is 19.1. The number of fused-ring (bicyclic) bond motifs is 7. The molecule has 1 aromatic heterocycles. The molecule has 0 amide bonds. The molecule has 1 aromatic carbocycles. The second kappa shape index (κ2) is 11.7. The summed E-state index contributed by atoms with van der Waals surface area (Å²) in [5, 5.41) is 19.9. The molecule has 2 aromatic rings. The highest BCUT2D eigenvalue weighted by Gasteiger charge is 2.69. The number of rotatable bonds is 6. The Morgan fingerprint density at radius 1 is 0.939 bits per heavy atom. The average molecular weight is 690 g/mol. The van der Waals surface area contributed by atoms with E-state index in [1.54, 1.807) is 4.68 Å². The van der Waals surface area contributed by atoms with Gasteiger partial charge in [-0.05, 0) is 128 Å². The number of hydrogen-bond acceptors (Lipinski definition) is 5. The van der Waals surface area contributed by atoms with E-state index in [9.17, 15) is 14.7 Å². The SMILES string of the molecule is CC1(C)CC[C@]2(C(=O)O)CC[C@]3(C)C(=CC[C@@H]4[C@@]5(C)CC[C@H](OC(=O)CCc6cn(-c7ccc(Cl)cc7)nn6)C(C)(C)[C@@H]5CC[C@]43C)[C@@H]2C1. The Hall–Kier alpha value is -2.67. The minimum Gasteiger partial charge on any atom is -0.481 e. The van der Waals surface area contributed by atoms with Gasteiger partial charge in [-0.25, -0.2) is 4.68 Å². The van der Waals surface area contributed by atoms with Crippen LogP contribution in [-0.2, 0) is 20.7 Å². The third-order valence-corrected chi connectivity index (χ3v) is 15.7. The van der Waals surface area contributed by atoms with Crippen LogP contribution in [0.1, 0.15) is 125 Å². The first kappa shape index (κ1) is 34.8. The first-order valence-electron chi connectivity index (χ1n) is 18.8. The summed E-state index contributed by atoms with van der Waals surface area (Å²) in [6, 6.07) is 7.42. The Bertz CT molecular complexity index is 1660. The lowest BCUT2D eigenvalue weighted by molar-refractivity contribution is -0.213. The van der Waals surface area contributed by atoms with Crippen molar-refractivity contribution in [3.8, 4) is 5.69 Å². The number of hydrogen-bond donors (Lipinski definition) is 1. The maximum atomic E-state index is 13.3. The average Bonchev–Trinajstić information content (AvgIpc) is 3.51. The zero-order valence-corrected chi connectivity index (χ0v) is 31.4. The molecule has 5 aliphatic carbocycles. The van der Waals surface area contributed by atoms with Crippen LogP contribution in [0.15, 0.2) is 42.1 Å². The van der Waals surface area contributed by atoms with Gasteiger partial charge in [0.1, 0.15) is 6.10 Å². The number of carboxylic acid groups (broad SMARTS) is 1. The van der Waals surface area contributed by atoms with E-state index in [1.165, 1.54) is 5.57 Å². The van der Waals surface area contributed by atoms with E-state index in [1.807, 2.05) is 30.5 Å². The largest absolute Gasteiger partial charge is 0.481 e. The number of benzene rings is 1. The van der Waals surface area contributed by atoms with Gasteiger partial charge in [0.15, 0.2) is 0 Å². The fraction of sp³-hybridized carbons (Fsp3) is 0.707. The number of ether oxygens (including phenoxy) is 1. The topological polar surface area (TPSA) is 94.3 Å². The lowest BCUT2D eigenvalue weighted by atomic mass is 9.33. The number of halogens is 1. The van der Waals surface area contributed by atoms with Crippen LogP contribution in [0.3, 0.4) is 0 Å². The fourth-order valence-corrected chi connectivity index (χ4v) is 12.5. The van der Waals surface area contributed by atoms with E-state index in [2.05, 4.69) is 64.9 Å². The molecule has 266 valence electrons. The van der Waals surface area contributed by atoms with Crippen molar-refractivity contribution in [3.05, 3.63) is 52.8 Å². The molecule has 8 atom stereocenters. The zero-order chi connectivity index (χ0) is 35.2. The Labute approximate surface area is 297 Å². The number of carboxylic acids is 1. The zero-order valence-electron chi connectivity index (χ0n) is 30.7. The predicted octanol–water partition coefficient (Wildman–Crippen LogP) is 9.65. The van der Waals surface area contributed by atoms with E-state index in [0.29, 0.717) is 23.3 Å². The summed E-state index contributed by atoms with van der Waals surface area (Å²) >= 11 is 6.03. The summed E-state index contributed by atoms with van der Waals surface area (Å²) in [4.78, 5) is 26.3. The highest BCUT2D eigenvalue weighted by atomic mass is 35.5. The van der Waals surface area contributed by atoms with E-state index >= 15 is 0 Å². The molecule has 5 aliphatic rings. The molecule has 0 bridgehead atoms. The van der Waals surface area contributed by atoms with Crippen molar-refractivity contribution in [2.24, 2.45) is 50.2 Å². The van der Waals surface area contributed by atoms with Gasteiger partial charge in [0.25, 0.3) is 0 Å². The minimum atomic E-state index is -0.609. The highest BCUT2D eigenvalue weighted by molar-refractivity contribution is 6.30. The highest BCUT2D eigenvalue weighted by Crippen LogP contribution is 2.75. The number of carbonyl (C=O) groups is 2. The molecule has 1 N–H and O–H groups in total. The molecule has 0 spiro atoms. The summed E-state index contributed by atoms with van der Waals surface area (Å²) < 4.78 is 8.03. The minimum absolute atomic E-state index is 0.00376. The van der Waals surface area contributed by atoms with Crippen LogP contribution in [-0.4, -0.2) is 38.1 Å². The van der Waals surface area contributed by atoms with Crippen molar-refractivity contribution in [1.29, 1.82) is 0 Å². The lowest BCUT2D eigenvalue weighted by Crippen LogP contribution is -2.65. The molecule has 1 heterocycles. The molecule has 0 radical (unpaired) electrons. The number of allylic oxidation sites excluding steroid dienone is 2. The summed E-state index contributed by atoms with van der Waals surface area (Å²) in [6.45, 7) is 17.0. The molecular formula is C41H56ClN3O4. The molecule has 0 unspecified atom stereocenters. The molecule has 4 fully saturated rings. The van der Waals surface area contributed by atoms with Gasteiger partial charge in [0.2, 0.25) is 0 Å². The van der Waals surface area contributed by atoms with Crippen molar-refractivity contribution >= 4 is 23.5 Å². The second-order valence-corrected chi connectivity index (χ2v) is 19.1. The number of aliphatic carboxylic acids is 1. The standard InChI is InChI=1S/C41H56ClN3O4/c1-36(2)20-22-41(35(47)48)23-21-39(6)29(30(41)24-36)13-14-32-38(5)18-17-33(37(3,4)31(38)16-19-40(32,39)7)49-34(46)15-10-27-25-45(44-43-27)28-11-8-26(42)9-12-28/h8-9,11-13,25,30-33H,10,14-24H2,1-7H3,(H,47,48)/t30-,31-,32+,33-,38-,39+,40+,41-/m0/s1. The smallest absolute Gasteiger partial charge is 0.310 e.